The molecular weight excluding hydrogens is 436 g/mol. The average Bonchev–Trinajstić information content (AvgIpc) is 2.81. The van der Waals surface area contributed by atoms with E-state index in [9.17, 15) is 13.2 Å². The molecule has 3 aromatic rings. The lowest BCUT2D eigenvalue weighted by Gasteiger charge is -2.25. The number of aryl methyl sites for hydroxylation is 3. The Bertz CT molecular complexity index is 1170. The van der Waals surface area contributed by atoms with Gasteiger partial charge in [-0.2, -0.15) is 0 Å². The van der Waals surface area contributed by atoms with Gasteiger partial charge in [0.05, 0.1) is 17.1 Å². The van der Waals surface area contributed by atoms with Crippen molar-refractivity contribution in [2.24, 2.45) is 0 Å². The molecule has 0 bridgehead atoms. The van der Waals surface area contributed by atoms with E-state index in [0.717, 1.165) is 27.6 Å². The first kappa shape index (κ1) is 24.3. The van der Waals surface area contributed by atoms with Crippen molar-refractivity contribution >= 4 is 21.6 Å². The Hall–Kier alpha value is -3.32. The maximum atomic E-state index is 13.4. The minimum absolute atomic E-state index is 0.142. The third-order valence-electron chi connectivity index (χ3n) is 5.30. The molecule has 0 saturated carbocycles. The Labute approximate surface area is 196 Å². The number of ether oxygens (including phenoxy) is 1. The highest BCUT2D eigenvalue weighted by atomic mass is 32.2. The molecule has 0 atom stereocenters. The summed E-state index contributed by atoms with van der Waals surface area (Å²) in [5.41, 5.74) is 3.42. The van der Waals surface area contributed by atoms with Crippen LogP contribution in [0.15, 0.2) is 77.7 Å². The van der Waals surface area contributed by atoms with Gasteiger partial charge in [0.15, 0.2) is 0 Å². The van der Waals surface area contributed by atoms with Gasteiger partial charge in [0.1, 0.15) is 18.9 Å². The third kappa shape index (κ3) is 6.35. The van der Waals surface area contributed by atoms with Crippen LogP contribution in [0.5, 0.6) is 5.75 Å². The van der Waals surface area contributed by atoms with E-state index in [1.165, 1.54) is 5.56 Å². The summed E-state index contributed by atoms with van der Waals surface area (Å²) in [6, 6.07) is 21.5. The molecule has 0 saturated heterocycles. The number of hydrogen-bond donors (Lipinski definition) is 1. The first-order valence-electron chi connectivity index (χ1n) is 10.9. The number of para-hydroxylation sites is 1. The zero-order valence-corrected chi connectivity index (χ0v) is 20.1. The monoisotopic (exact) mass is 466 g/mol. The molecule has 3 aromatic carbocycles. The fraction of sp³-hybridized carbons (Fsp3) is 0.269. The van der Waals surface area contributed by atoms with Crippen LogP contribution in [0.1, 0.15) is 23.6 Å². The molecule has 174 valence electrons. The van der Waals surface area contributed by atoms with Crippen molar-refractivity contribution in [3.05, 3.63) is 89.5 Å². The molecule has 6 nitrogen and oxygen atoms in total. The second kappa shape index (κ2) is 11.0. The van der Waals surface area contributed by atoms with E-state index in [1.807, 2.05) is 50.2 Å². The lowest BCUT2D eigenvalue weighted by atomic mass is 10.2. The van der Waals surface area contributed by atoms with Crippen LogP contribution in [-0.4, -0.2) is 34.0 Å². The highest BCUT2D eigenvalue weighted by molar-refractivity contribution is 7.92. The van der Waals surface area contributed by atoms with Crippen molar-refractivity contribution < 1.29 is 17.9 Å². The highest BCUT2D eigenvalue weighted by Gasteiger charge is 2.28. The number of benzene rings is 3. The molecule has 1 N–H and O–H groups in total. The number of anilines is 1. The van der Waals surface area contributed by atoms with Gasteiger partial charge in [0, 0.05) is 0 Å². The molecular formula is C26H30N2O4S. The summed E-state index contributed by atoms with van der Waals surface area (Å²) in [5.74, 6) is 0.323. The first-order valence-corrected chi connectivity index (χ1v) is 12.4. The highest BCUT2D eigenvalue weighted by Crippen LogP contribution is 2.26. The molecule has 0 radical (unpaired) electrons. The summed E-state index contributed by atoms with van der Waals surface area (Å²) < 4.78 is 33.7. The summed E-state index contributed by atoms with van der Waals surface area (Å²) in [4.78, 5) is 12.8. The van der Waals surface area contributed by atoms with Gasteiger partial charge in [0.25, 0.3) is 10.0 Å². The van der Waals surface area contributed by atoms with E-state index in [-0.39, 0.29) is 24.6 Å². The van der Waals surface area contributed by atoms with Crippen molar-refractivity contribution in [3.8, 4) is 5.75 Å². The summed E-state index contributed by atoms with van der Waals surface area (Å²) in [6.45, 7) is 6.02. The number of carbonyl (C=O) groups excluding carboxylic acids is 1. The average molecular weight is 467 g/mol. The van der Waals surface area contributed by atoms with Gasteiger partial charge >= 0.3 is 0 Å². The zero-order valence-electron chi connectivity index (χ0n) is 19.2. The van der Waals surface area contributed by atoms with Crippen LogP contribution in [0.2, 0.25) is 0 Å². The number of hydrogen-bond acceptors (Lipinski definition) is 4. The van der Waals surface area contributed by atoms with E-state index in [1.54, 1.807) is 36.4 Å². The zero-order chi connectivity index (χ0) is 23.8. The predicted molar refractivity (Wildman–Crippen MR) is 131 cm³/mol. The predicted octanol–water partition coefficient (Wildman–Crippen LogP) is 4.26. The summed E-state index contributed by atoms with van der Waals surface area (Å²) in [5, 5.41) is 2.76. The van der Waals surface area contributed by atoms with Gasteiger partial charge in [-0.05, 0) is 61.7 Å². The molecule has 0 unspecified atom stereocenters. The van der Waals surface area contributed by atoms with Crippen molar-refractivity contribution in [1.29, 1.82) is 0 Å². The summed E-state index contributed by atoms with van der Waals surface area (Å²) in [7, 11) is -3.93. The summed E-state index contributed by atoms with van der Waals surface area (Å²) in [6.07, 6.45) is 0.958. The van der Waals surface area contributed by atoms with Gasteiger partial charge in [-0.15, -0.1) is 0 Å². The van der Waals surface area contributed by atoms with Crippen LogP contribution in [0.3, 0.4) is 0 Å². The number of amides is 1. The molecule has 0 aliphatic rings. The first-order chi connectivity index (χ1) is 15.8. The van der Waals surface area contributed by atoms with Crippen molar-refractivity contribution in [2.75, 3.05) is 24.0 Å². The van der Waals surface area contributed by atoms with Crippen LogP contribution in [-0.2, 0) is 21.2 Å². The summed E-state index contributed by atoms with van der Waals surface area (Å²) >= 11 is 0. The maximum absolute atomic E-state index is 13.4. The van der Waals surface area contributed by atoms with Crippen LogP contribution in [0, 0.1) is 13.8 Å². The van der Waals surface area contributed by atoms with E-state index in [4.69, 9.17) is 4.74 Å². The fourth-order valence-corrected chi connectivity index (χ4v) is 4.83. The third-order valence-corrected chi connectivity index (χ3v) is 7.08. The van der Waals surface area contributed by atoms with Crippen LogP contribution in [0.4, 0.5) is 5.69 Å². The molecule has 0 heterocycles. The standard InChI is InChI=1S/C26H30N2O4S/c1-4-22-11-13-23(14-12-22)32-18-17-27-26(29)19-28(25-8-6-5-7-21(25)3)33(30,31)24-15-9-20(2)10-16-24/h5-16H,4,17-19H2,1-3H3,(H,27,29). The van der Waals surface area contributed by atoms with E-state index >= 15 is 0 Å². The molecule has 1 amide bonds. The van der Waals surface area contributed by atoms with Gasteiger partial charge in [-0.25, -0.2) is 8.42 Å². The Morgan fingerprint density at radius 2 is 1.61 bits per heavy atom. The van der Waals surface area contributed by atoms with Gasteiger partial charge in [-0.1, -0.05) is 55.0 Å². The van der Waals surface area contributed by atoms with Crippen LogP contribution >= 0.6 is 0 Å². The fourth-order valence-electron chi connectivity index (χ4n) is 3.35. The van der Waals surface area contributed by atoms with E-state index < -0.39 is 15.9 Å². The van der Waals surface area contributed by atoms with Gasteiger partial charge in [0.2, 0.25) is 5.91 Å². The molecule has 0 aliphatic carbocycles. The Balaban J connectivity index is 1.68. The van der Waals surface area contributed by atoms with Crippen molar-refractivity contribution in [3.63, 3.8) is 0 Å². The van der Waals surface area contributed by atoms with Gasteiger partial charge < -0.3 is 10.1 Å². The molecule has 0 fully saturated rings. The smallest absolute Gasteiger partial charge is 0.264 e. The number of sulfonamides is 1. The SMILES string of the molecule is CCc1ccc(OCCNC(=O)CN(c2ccccc2C)S(=O)(=O)c2ccc(C)cc2)cc1. The van der Waals surface area contributed by atoms with E-state index in [2.05, 4.69) is 12.2 Å². The van der Waals surface area contributed by atoms with Crippen LogP contribution < -0.4 is 14.4 Å². The molecule has 33 heavy (non-hydrogen) atoms. The second-order valence-electron chi connectivity index (χ2n) is 7.81. The molecule has 0 spiro atoms. The second-order valence-corrected chi connectivity index (χ2v) is 9.67. The molecule has 7 heteroatoms. The molecule has 0 aromatic heterocycles. The number of nitrogens with zero attached hydrogens (tertiary/aromatic N) is 1. The minimum atomic E-state index is -3.93. The van der Waals surface area contributed by atoms with Crippen LogP contribution in [0.25, 0.3) is 0 Å². The number of nitrogens with one attached hydrogen (secondary N) is 1. The Kier molecular flexibility index (Phi) is 8.11. The van der Waals surface area contributed by atoms with Crippen molar-refractivity contribution in [1.82, 2.24) is 5.32 Å². The minimum Gasteiger partial charge on any atom is -0.492 e. The Morgan fingerprint density at radius 1 is 0.939 bits per heavy atom. The van der Waals surface area contributed by atoms with E-state index in [0.29, 0.717) is 5.69 Å². The number of rotatable bonds is 10. The lowest BCUT2D eigenvalue weighted by molar-refractivity contribution is -0.119. The topological polar surface area (TPSA) is 75.7 Å². The van der Waals surface area contributed by atoms with Gasteiger partial charge in [-0.3, -0.25) is 9.10 Å². The normalized spacial score (nSPS) is 11.1. The Morgan fingerprint density at radius 3 is 2.24 bits per heavy atom. The van der Waals surface area contributed by atoms with Crippen molar-refractivity contribution in [2.45, 2.75) is 32.1 Å². The maximum Gasteiger partial charge on any atom is 0.264 e. The number of carbonyl (C=O) groups is 1. The quantitative estimate of drug-likeness (QED) is 0.453. The molecule has 0 aliphatic heterocycles. The lowest BCUT2D eigenvalue weighted by Crippen LogP contribution is -2.42. The largest absolute Gasteiger partial charge is 0.492 e. The molecule has 3 rings (SSSR count).